The number of aromatic carboxylic acids is 1. The molecule has 1 aromatic carbocycles. The molecule has 94 valence electrons. The number of rotatable bonds is 7. The minimum absolute atomic E-state index is 0. The van der Waals surface area contributed by atoms with Gasteiger partial charge in [0, 0.05) is 21.1 Å². The average molecular weight is 318 g/mol. The molecule has 0 fully saturated rings. The molecule has 0 radical (unpaired) electrons. The van der Waals surface area contributed by atoms with Crippen molar-refractivity contribution in [2.24, 2.45) is 0 Å². The summed E-state index contributed by atoms with van der Waals surface area (Å²) >= 11 is 0. The van der Waals surface area contributed by atoms with Crippen LogP contribution in [-0.4, -0.2) is 17.7 Å². The Morgan fingerprint density at radius 3 is 2.59 bits per heavy atom. The predicted octanol–water partition coefficient (Wildman–Crippen LogP) is 3.34. The standard InChI is InChI=1S/C13H18O3.Mo/c1-2-3-4-7-10-16-12-9-6-5-8-11(12)13(14)15;/h5-6,8-9H,2-4,7,10H2,1H3,(H,14,15);. The van der Waals surface area contributed by atoms with Crippen molar-refractivity contribution in [2.45, 2.75) is 32.6 Å². The molecule has 0 aliphatic rings. The van der Waals surface area contributed by atoms with Crippen molar-refractivity contribution in [3.05, 3.63) is 29.8 Å². The first kappa shape index (κ1) is 16.2. The number of benzene rings is 1. The van der Waals surface area contributed by atoms with Gasteiger partial charge in [-0.05, 0) is 18.6 Å². The molecule has 0 heterocycles. The molecular weight excluding hydrogens is 300 g/mol. The van der Waals surface area contributed by atoms with Crippen LogP contribution in [0.15, 0.2) is 24.3 Å². The number of carboxylic acids is 1. The van der Waals surface area contributed by atoms with E-state index in [1.807, 2.05) is 0 Å². The molecule has 0 aromatic heterocycles. The van der Waals surface area contributed by atoms with Crippen molar-refractivity contribution in [1.82, 2.24) is 0 Å². The Kier molecular flexibility index (Phi) is 8.79. The Labute approximate surface area is 116 Å². The van der Waals surface area contributed by atoms with Gasteiger partial charge in [0.25, 0.3) is 0 Å². The van der Waals surface area contributed by atoms with Gasteiger partial charge in [0.2, 0.25) is 0 Å². The summed E-state index contributed by atoms with van der Waals surface area (Å²) in [4.78, 5) is 10.9. The zero-order chi connectivity index (χ0) is 11.8. The van der Waals surface area contributed by atoms with E-state index in [1.165, 1.54) is 12.8 Å². The van der Waals surface area contributed by atoms with Crippen LogP contribution >= 0.6 is 0 Å². The molecule has 1 N–H and O–H groups in total. The van der Waals surface area contributed by atoms with Gasteiger partial charge in [0.05, 0.1) is 6.61 Å². The molecule has 0 saturated heterocycles. The van der Waals surface area contributed by atoms with Gasteiger partial charge >= 0.3 is 5.97 Å². The maximum Gasteiger partial charge on any atom is 0.339 e. The second-order valence-corrected chi connectivity index (χ2v) is 3.71. The van der Waals surface area contributed by atoms with Gasteiger partial charge < -0.3 is 9.84 Å². The minimum atomic E-state index is -0.941. The van der Waals surface area contributed by atoms with Crippen LogP contribution < -0.4 is 4.74 Å². The molecule has 4 heteroatoms. The molecule has 0 saturated carbocycles. The van der Waals surface area contributed by atoms with E-state index >= 15 is 0 Å². The van der Waals surface area contributed by atoms with E-state index in [1.54, 1.807) is 24.3 Å². The molecule has 0 aliphatic carbocycles. The Balaban J connectivity index is 0.00000256. The zero-order valence-electron chi connectivity index (χ0n) is 10.0. The second-order valence-electron chi connectivity index (χ2n) is 3.71. The Morgan fingerprint density at radius 1 is 1.24 bits per heavy atom. The monoisotopic (exact) mass is 320 g/mol. The third kappa shape index (κ3) is 5.88. The van der Waals surface area contributed by atoms with Gasteiger partial charge in [-0.1, -0.05) is 38.3 Å². The number of unbranched alkanes of at least 4 members (excludes halogenated alkanes) is 3. The molecule has 0 bridgehead atoms. The summed E-state index contributed by atoms with van der Waals surface area (Å²) in [6.45, 7) is 2.74. The minimum Gasteiger partial charge on any atom is -0.493 e. The van der Waals surface area contributed by atoms with Crippen molar-refractivity contribution >= 4 is 5.97 Å². The van der Waals surface area contributed by atoms with Gasteiger partial charge in [-0.3, -0.25) is 0 Å². The number of carboxylic acid groups (broad SMARTS) is 1. The van der Waals surface area contributed by atoms with E-state index in [9.17, 15) is 4.79 Å². The fourth-order valence-electron chi connectivity index (χ4n) is 1.48. The zero-order valence-corrected chi connectivity index (χ0v) is 12.0. The average Bonchev–Trinajstić information content (AvgIpc) is 2.29. The van der Waals surface area contributed by atoms with Crippen molar-refractivity contribution in [3.8, 4) is 5.75 Å². The fourth-order valence-corrected chi connectivity index (χ4v) is 1.48. The molecule has 17 heavy (non-hydrogen) atoms. The van der Waals surface area contributed by atoms with Crippen LogP contribution in [0.2, 0.25) is 0 Å². The quantitative estimate of drug-likeness (QED) is 0.619. The summed E-state index contributed by atoms with van der Waals surface area (Å²) in [6.07, 6.45) is 4.49. The second kappa shape index (κ2) is 9.23. The summed E-state index contributed by atoms with van der Waals surface area (Å²) in [6, 6.07) is 6.74. The predicted molar refractivity (Wildman–Crippen MR) is 63.0 cm³/mol. The van der Waals surface area contributed by atoms with Crippen LogP contribution in [0.1, 0.15) is 43.0 Å². The van der Waals surface area contributed by atoms with E-state index in [4.69, 9.17) is 9.84 Å². The van der Waals surface area contributed by atoms with E-state index in [-0.39, 0.29) is 26.6 Å². The maximum atomic E-state index is 10.9. The van der Waals surface area contributed by atoms with Crippen molar-refractivity contribution in [3.63, 3.8) is 0 Å². The van der Waals surface area contributed by atoms with Gasteiger partial charge in [0.1, 0.15) is 11.3 Å². The molecule has 3 nitrogen and oxygen atoms in total. The van der Waals surface area contributed by atoms with Crippen LogP contribution in [0.25, 0.3) is 0 Å². The first-order valence-corrected chi connectivity index (χ1v) is 5.70. The van der Waals surface area contributed by atoms with Crippen molar-refractivity contribution < 1.29 is 35.7 Å². The molecule has 0 unspecified atom stereocenters. The molecule has 1 rings (SSSR count). The Hall–Kier alpha value is -0.822. The topological polar surface area (TPSA) is 46.5 Å². The van der Waals surface area contributed by atoms with Gasteiger partial charge in [-0.2, -0.15) is 0 Å². The Bertz CT molecular complexity index is 339. The molecule has 1 aromatic rings. The van der Waals surface area contributed by atoms with E-state index < -0.39 is 5.97 Å². The van der Waals surface area contributed by atoms with Crippen LogP contribution in [0.5, 0.6) is 5.75 Å². The van der Waals surface area contributed by atoms with E-state index in [0.717, 1.165) is 12.8 Å². The van der Waals surface area contributed by atoms with Crippen molar-refractivity contribution in [2.75, 3.05) is 6.61 Å². The van der Waals surface area contributed by atoms with Crippen LogP contribution in [-0.2, 0) is 21.1 Å². The number of hydrogen-bond acceptors (Lipinski definition) is 2. The van der Waals surface area contributed by atoms with Crippen LogP contribution in [0.3, 0.4) is 0 Å². The Morgan fingerprint density at radius 2 is 1.94 bits per heavy atom. The van der Waals surface area contributed by atoms with Crippen molar-refractivity contribution in [1.29, 1.82) is 0 Å². The van der Waals surface area contributed by atoms with Gasteiger partial charge in [-0.15, -0.1) is 0 Å². The third-order valence-corrected chi connectivity index (χ3v) is 2.37. The number of hydrogen-bond donors (Lipinski definition) is 1. The first-order chi connectivity index (χ1) is 7.75. The first-order valence-electron chi connectivity index (χ1n) is 5.70. The van der Waals surface area contributed by atoms with E-state index in [0.29, 0.717) is 12.4 Å². The summed E-state index contributed by atoms with van der Waals surface area (Å²) in [5, 5.41) is 8.93. The molecule has 0 atom stereocenters. The number of para-hydroxylation sites is 1. The maximum absolute atomic E-state index is 10.9. The summed E-state index contributed by atoms with van der Waals surface area (Å²) in [7, 11) is 0. The third-order valence-electron chi connectivity index (χ3n) is 2.37. The summed E-state index contributed by atoms with van der Waals surface area (Å²) < 4.78 is 5.46. The van der Waals surface area contributed by atoms with Crippen LogP contribution in [0, 0.1) is 0 Å². The SMILES string of the molecule is CCCCCCOc1ccccc1C(=O)O.[Mo]. The largest absolute Gasteiger partial charge is 0.493 e. The summed E-state index contributed by atoms with van der Waals surface area (Å²) in [5.74, 6) is -0.476. The normalized spacial score (nSPS) is 9.47. The molecule has 0 spiro atoms. The molecular formula is C13H18MoO3. The summed E-state index contributed by atoms with van der Waals surface area (Å²) in [5.41, 5.74) is 0.234. The number of ether oxygens (including phenoxy) is 1. The van der Waals surface area contributed by atoms with Gasteiger partial charge in [0.15, 0.2) is 0 Å². The molecule has 0 amide bonds. The molecule has 0 aliphatic heterocycles. The van der Waals surface area contributed by atoms with Gasteiger partial charge in [-0.25, -0.2) is 4.79 Å². The smallest absolute Gasteiger partial charge is 0.339 e. The fraction of sp³-hybridized carbons (Fsp3) is 0.462. The van der Waals surface area contributed by atoms with E-state index in [2.05, 4.69) is 6.92 Å². The number of carbonyl (C=O) groups is 1. The van der Waals surface area contributed by atoms with Crippen LogP contribution in [0.4, 0.5) is 0 Å².